The maximum atomic E-state index is 13.2. The van der Waals surface area contributed by atoms with Crippen LogP contribution in [0.25, 0.3) is 10.9 Å². The zero-order chi connectivity index (χ0) is 24.5. The molecule has 34 heavy (non-hydrogen) atoms. The lowest BCUT2D eigenvalue weighted by molar-refractivity contribution is -0.121. The van der Waals surface area contributed by atoms with Gasteiger partial charge in [0.05, 0.1) is 18.0 Å². The molecule has 2 amide bonds. The summed E-state index contributed by atoms with van der Waals surface area (Å²) in [5, 5.41) is 5.93. The zero-order valence-corrected chi connectivity index (χ0v) is 19.5. The molecule has 0 fully saturated rings. The number of nitrogens with zero attached hydrogens (tertiary/aromatic N) is 2. The van der Waals surface area contributed by atoms with Crippen molar-refractivity contribution in [1.82, 2.24) is 14.5 Å². The van der Waals surface area contributed by atoms with Gasteiger partial charge < -0.3 is 15.4 Å². The Kier molecular flexibility index (Phi) is 8.61. The van der Waals surface area contributed by atoms with E-state index in [-0.39, 0.29) is 19.0 Å². The molecular formula is C25H30N4O5. The summed E-state index contributed by atoms with van der Waals surface area (Å²) in [6.45, 7) is 2.54. The molecule has 9 heteroatoms. The highest BCUT2D eigenvalue weighted by Crippen LogP contribution is 2.15. The van der Waals surface area contributed by atoms with Gasteiger partial charge in [-0.25, -0.2) is 4.79 Å². The first-order valence-electron chi connectivity index (χ1n) is 11.4. The first kappa shape index (κ1) is 24.8. The number of amides is 2. The number of fused-ring (bicyclic) bond motifs is 1. The minimum atomic E-state index is -0.552. The van der Waals surface area contributed by atoms with Gasteiger partial charge in [-0.15, -0.1) is 0 Å². The number of carbonyl (C=O) groups excluding carboxylic acids is 2. The Bertz CT molecular complexity index is 1260. The number of ether oxygens (including phenoxy) is 1. The average Bonchev–Trinajstić information content (AvgIpc) is 2.85. The molecule has 0 saturated heterocycles. The third-order valence-corrected chi connectivity index (χ3v) is 5.42. The van der Waals surface area contributed by atoms with Crippen LogP contribution in [0.2, 0.25) is 0 Å². The molecule has 0 aliphatic carbocycles. The van der Waals surface area contributed by atoms with Crippen LogP contribution in [0.5, 0.6) is 5.75 Å². The van der Waals surface area contributed by atoms with Gasteiger partial charge in [0.2, 0.25) is 11.8 Å². The van der Waals surface area contributed by atoms with Crippen molar-refractivity contribution in [1.29, 1.82) is 0 Å². The SMILES string of the molecule is CCCNC(=O)CCCCn1c(=O)c2ccccc2n(CC(=O)Nc2ccc(OC)cc2)c1=O. The number of rotatable bonds is 11. The molecule has 180 valence electrons. The van der Waals surface area contributed by atoms with Crippen molar-refractivity contribution >= 4 is 28.4 Å². The van der Waals surface area contributed by atoms with Crippen molar-refractivity contribution in [2.24, 2.45) is 0 Å². The molecule has 1 heterocycles. The maximum Gasteiger partial charge on any atom is 0.331 e. The summed E-state index contributed by atoms with van der Waals surface area (Å²) in [6, 6.07) is 13.6. The van der Waals surface area contributed by atoms with Gasteiger partial charge >= 0.3 is 5.69 Å². The summed E-state index contributed by atoms with van der Waals surface area (Å²) in [4.78, 5) is 50.7. The number of unbranched alkanes of at least 4 members (excludes halogenated alkanes) is 1. The monoisotopic (exact) mass is 466 g/mol. The smallest absolute Gasteiger partial charge is 0.331 e. The molecule has 3 rings (SSSR count). The maximum absolute atomic E-state index is 13.2. The minimum absolute atomic E-state index is 0.0414. The van der Waals surface area contributed by atoms with Crippen LogP contribution >= 0.6 is 0 Å². The minimum Gasteiger partial charge on any atom is -0.497 e. The van der Waals surface area contributed by atoms with Gasteiger partial charge in [0.15, 0.2) is 0 Å². The van der Waals surface area contributed by atoms with E-state index in [1.54, 1.807) is 55.6 Å². The number of hydrogen-bond acceptors (Lipinski definition) is 5. The number of benzene rings is 2. The molecule has 0 unspecified atom stereocenters. The van der Waals surface area contributed by atoms with Crippen LogP contribution in [0.1, 0.15) is 32.6 Å². The highest BCUT2D eigenvalue weighted by molar-refractivity contribution is 5.91. The van der Waals surface area contributed by atoms with Crippen molar-refractivity contribution in [2.75, 3.05) is 19.0 Å². The lowest BCUT2D eigenvalue weighted by Gasteiger charge is -2.14. The molecule has 0 bridgehead atoms. The van der Waals surface area contributed by atoms with E-state index < -0.39 is 17.2 Å². The van der Waals surface area contributed by atoms with E-state index in [4.69, 9.17) is 4.74 Å². The van der Waals surface area contributed by atoms with Crippen LogP contribution in [0.15, 0.2) is 58.1 Å². The second-order valence-corrected chi connectivity index (χ2v) is 7.93. The molecule has 0 aliphatic heterocycles. The molecule has 0 aliphatic rings. The standard InChI is InChI=1S/C25H30N4O5/c1-3-15-26-22(30)10-6-7-16-28-24(32)20-8-4-5-9-21(20)29(25(28)33)17-23(31)27-18-11-13-19(34-2)14-12-18/h4-5,8-9,11-14H,3,6-7,10,15-17H2,1-2H3,(H,26,30)(H,27,31). The van der Waals surface area contributed by atoms with E-state index >= 15 is 0 Å². The molecule has 2 aromatic carbocycles. The van der Waals surface area contributed by atoms with Gasteiger partial charge in [0.25, 0.3) is 5.56 Å². The Balaban J connectivity index is 1.79. The molecule has 0 saturated carbocycles. The fraction of sp³-hybridized carbons (Fsp3) is 0.360. The van der Waals surface area contributed by atoms with Crippen molar-refractivity contribution in [3.8, 4) is 5.75 Å². The first-order chi connectivity index (χ1) is 16.4. The Morgan fingerprint density at radius 3 is 2.38 bits per heavy atom. The number of anilines is 1. The van der Waals surface area contributed by atoms with E-state index in [1.165, 1.54) is 4.57 Å². The highest BCUT2D eigenvalue weighted by Gasteiger charge is 2.15. The molecule has 1 aromatic heterocycles. The fourth-order valence-electron chi connectivity index (χ4n) is 3.65. The van der Waals surface area contributed by atoms with Gasteiger partial charge in [0, 0.05) is 25.2 Å². The first-order valence-corrected chi connectivity index (χ1v) is 11.4. The van der Waals surface area contributed by atoms with E-state index in [0.29, 0.717) is 48.1 Å². The van der Waals surface area contributed by atoms with Gasteiger partial charge in [-0.2, -0.15) is 0 Å². The summed E-state index contributed by atoms with van der Waals surface area (Å²) in [7, 11) is 1.56. The van der Waals surface area contributed by atoms with E-state index in [9.17, 15) is 19.2 Å². The largest absolute Gasteiger partial charge is 0.497 e. The van der Waals surface area contributed by atoms with Gasteiger partial charge in [-0.1, -0.05) is 19.1 Å². The molecule has 2 N–H and O–H groups in total. The zero-order valence-electron chi connectivity index (χ0n) is 19.5. The molecule has 0 spiro atoms. The quantitative estimate of drug-likeness (QED) is 0.422. The fourth-order valence-corrected chi connectivity index (χ4v) is 3.65. The van der Waals surface area contributed by atoms with E-state index in [2.05, 4.69) is 10.6 Å². The summed E-state index contributed by atoms with van der Waals surface area (Å²) >= 11 is 0. The second-order valence-electron chi connectivity index (χ2n) is 7.93. The summed E-state index contributed by atoms with van der Waals surface area (Å²) in [5.74, 6) is 0.227. The number of nitrogens with one attached hydrogen (secondary N) is 2. The predicted molar refractivity (Wildman–Crippen MR) is 131 cm³/mol. The third-order valence-electron chi connectivity index (χ3n) is 5.42. The number of hydrogen-bond donors (Lipinski definition) is 2. The van der Waals surface area contributed by atoms with Crippen LogP contribution in [0.3, 0.4) is 0 Å². The van der Waals surface area contributed by atoms with Crippen LogP contribution in [0, 0.1) is 0 Å². The van der Waals surface area contributed by atoms with Crippen LogP contribution in [-0.4, -0.2) is 34.6 Å². The third kappa shape index (κ3) is 6.12. The topological polar surface area (TPSA) is 111 Å². The van der Waals surface area contributed by atoms with E-state index in [0.717, 1.165) is 11.0 Å². The Morgan fingerprint density at radius 1 is 0.941 bits per heavy atom. The number of carbonyl (C=O) groups is 2. The summed E-state index contributed by atoms with van der Waals surface area (Å²) in [5.41, 5.74) is 0.0160. The lowest BCUT2D eigenvalue weighted by atomic mass is 10.2. The van der Waals surface area contributed by atoms with Crippen LogP contribution in [-0.2, 0) is 22.7 Å². The average molecular weight is 467 g/mol. The summed E-state index contributed by atoms with van der Waals surface area (Å²) < 4.78 is 7.57. The number of para-hydroxylation sites is 1. The van der Waals surface area contributed by atoms with Crippen molar-refractivity contribution in [3.63, 3.8) is 0 Å². The Morgan fingerprint density at radius 2 is 1.68 bits per heavy atom. The molecule has 9 nitrogen and oxygen atoms in total. The normalized spacial score (nSPS) is 10.8. The lowest BCUT2D eigenvalue weighted by Crippen LogP contribution is -2.41. The molecular weight excluding hydrogens is 436 g/mol. The highest BCUT2D eigenvalue weighted by atomic mass is 16.5. The number of methoxy groups -OCH3 is 1. The van der Waals surface area contributed by atoms with Crippen LogP contribution < -0.4 is 26.6 Å². The van der Waals surface area contributed by atoms with Gasteiger partial charge in [-0.05, 0) is 55.7 Å². The molecule has 0 atom stereocenters. The van der Waals surface area contributed by atoms with Crippen molar-refractivity contribution in [3.05, 3.63) is 69.4 Å². The Labute approximate surface area is 197 Å². The summed E-state index contributed by atoms with van der Waals surface area (Å²) in [6.07, 6.45) is 2.24. The molecule has 3 aromatic rings. The number of aromatic nitrogens is 2. The van der Waals surface area contributed by atoms with Crippen molar-refractivity contribution in [2.45, 2.75) is 45.7 Å². The Hall–Kier alpha value is -3.88. The predicted octanol–water partition coefficient (Wildman–Crippen LogP) is 2.51. The second kappa shape index (κ2) is 11.8. The van der Waals surface area contributed by atoms with Crippen molar-refractivity contribution < 1.29 is 14.3 Å². The van der Waals surface area contributed by atoms with E-state index in [1.807, 2.05) is 6.92 Å². The van der Waals surface area contributed by atoms with Crippen LogP contribution in [0.4, 0.5) is 5.69 Å². The van der Waals surface area contributed by atoms with Gasteiger partial charge in [0.1, 0.15) is 12.3 Å². The van der Waals surface area contributed by atoms with Gasteiger partial charge in [-0.3, -0.25) is 23.5 Å². The molecule has 0 radical (unpaired) electrons.